The van der Waals surface area contributed by atoms with E-state index in [1.54, 1.807) is 10.6 Å². The number of aromatic nitrogens is 3. The van der Waals surface area contributed by atoms with Gasteiger partial charge in [0.15, 0.2) is 5.65 Å². The lowest BCUT2D eigenvalue weighted by Crippen LogP contribution is -2.29. The molecule has 0 spiro atoms. The molecular formula is C25H27N3O2. The van der Waals surface area contributed by atoms with Crippen LogP contribution in [0.1, 0.15) is 43.1 Å². The highest BCUT2D eigenvalue weighted by Gasteiger charge is 2.19. The Kier molecular flexibility index (Phi) is 5.29. The van der Waals surface area contributed by atoms with Crippen molar-refractivity contribution in [1.82, 2.24) is 14.1 Å². The fraction of sp³-hybridized carbons (Fsp3) is 0.320. The first-order valence-electron chi connectivity index (χ1n) is 10.5. The topological polar surface area (TPSA) is 56.9 Å². The van der Waals surface area contributed by atoms with Crippen molar-refractivity contribution in [2.75, 3.05) is 0 Å². The molecule has 0 fully saturated rings. The number of hydrogen-bond donors (Lipinski definition) is 0. The number of hydrogen-bond acceptors (Lipinski definition) is 3. The second-order valence-electron chi connectivity index (χ2n) is 8.08. The predicted octanol–water partition coefficient (Wildman–Crippen LogP) is 4.59. The molecule has 0 bridgehead atoms. The third-order valence-corrected chi connectivity index (χ3v) is 5.66. The van der Waals surface area contributed by atoms with E-state index in [-0.39, 0.29) is 16.4 Å². The van der Waals surface area contributed by atoms with Crippen LogP contribution < -0.4 is 11.0 Å². The average molecular weight is 402 g/mol. The van der Waals surface area contributed by atoms with Crippen molar-refractivity contribution in [2.45, 2.75) is 46.5 Å². The van der Waals surface area contributed by atoms with Crippen molar-refractivity contribution in [1.29, 1.82) is 0 Å². The summed E-state index contributed by atoms with van der Waals surface area (Å²) >= 11 is 0. The van der Waals surface area contributed by atoms with Crippen LogP contribution in [-0.2, 0) is 13.5 Å². The molecule has 0 saturated heterocycles. The van der Waals surface area contributed by atoms with E-state index in [1.165, 1.54) is 0 Å². The number of unbranched alkanes of at least 4 members (excludes halogenated alkanes) is 2. The van der Waals surface area contributed by atoms with Crippen LogP contribution in [0, 0.1) is 13.8 Å². The number of nitrogens with zero attached hydrogens (tertiary/aromatic N) is 3. The molecule has 5 heteroatoms. The van der Waals surface area contributed by atoms with E-state index in [0.29, 0.717) is 23.3 Å². The highest BCUT2D eigenvalue weighted by molar-refractivity contribution is 5.91. The summed E-state index contributed by atoms with van der Waals surface area (Å²) in [7, 11) is 1.87. The molecule has 4 aromatic rings. The van der Waals surface area contributed by atoms with Crippen LogP contribution in [-0.4, -0.2) is 14.1 Å². The fourth-order valence-electron chi connectivity index (χ4n) is 4.25. The smallest absolute Gasteiger partial charge is 0.271 e. The van der Waals surface area contributed by atoms with Crippen LogP contribution in [0.3, 0.4) is 0 Å². The zero-order valence-electron chi connectivity index (χ0n) is 18.0. The highest BCUT2D eigenvalue weighted by atomic mass is 16.1. The van der Waals surface area contributed by atoms with Crippen molar-refractivity contribution in [3.63, 3.8) is 0 Å². The monoisotopic (exact) mass is 401 g/mol. The zero-order valence-corrected chi connectivity index (χ0v) is 18.0. The Labute approximate surface area is 175 Å². The van der Waals surface area contributed by atoms with E-state index in [4.69, 9.17) is 4.98 Å². The quantitative estimate of drug-likeness (QED) is 0.363. The van der Waals surface area contributed by atoms with Crippen LogP contribution >= 0.6 is 0 Å². The van der Waals surface area contributed by atoms with Gasteiger partial charge in [-0.2, -0.15) is 0 Å². The summed E-state index contributed by atoms with van der Waals surface area (Å²) in [5.41, 5.74) is 3.61. The van der Waals surface area contributed by atoms with Gasteiger partial charge >= 0.3 is 0 Å². The van der Waals surface area contributed by atoms with E-state index in [2.05, 4.69) is 13.0 Å². The molecule has 0 radical (unpaired) electrons. The molecule has 4 rings (SSSR count). The van der Waals surface area contributed by atoms with Crippen LogP contribution in [0.15, 0.2) is 52.1 Å². The van der Waals surface area contributed by atoms with Gasteiger partial charge in [-0.05, 0) is 55.7 Å². The molecule has 0 saturated carbocycles. The molecule has 30 heavy (non-hydrogen) atoms. The van der Waals surface area contributed by atoms with Crippen molar-refractivity contribution in [3.05, 3.63) is 80.0 Å². The lowest BCUT2D eigenvalue weighted by Gasteiger charge is -2.17. The number of fused-ring (bicyclic) bond motifs is 2. The first-order chi connectivity index (χ1) is 14.4. The first-order valence-corrected chi connectivity index (χ1v) is 10.5. The first kappa shape index (κ1) is 20.1. The van der Waals surface area contributed by atoms with Gasteiger partial charge in [0.05, 0.1) is 11.2 Å². The Balaban J connectivity index is 2.13. The van der Waals surface area contributed by atoms with Gasteiger partial charge < -0.3 is 4.57 Å². The Morgan fingerprint density at radius 2 is 1.67 bits per heavy atom. The summed E-state index contributed by atoms with van der Waals surface area (Å²) < 4.78 is 3.51. The van der Waals surface area contributed by atoms with Gasteiger partial charge in [0.1, 0.15) is 11.2 Å². The maximum atomic E-state index is 13.7. The summed E-state index contributed by atoms with van der Waals surface area (Å²) in [6.45, 7) is 6.18. The minimum absolute atomic E-state index is 0.148. The van der Waals surface area contributed by atoms with Gasteiger partial charge in [0.2, 0.25) is 5.43 Å². The largest absolute Gasteiger partial charge is 0.328 e. The Morgan fingerprint density at radius 3 is 2.37 bits per heavy atom. The normalized spacial score (nSPS) is 11.5. The summed E-state index contributed by atoms with van der Waals surface area (Å²) in [6.07, 6.45) is 3.79. The van der Waals surface area contributed by atoms with Gasteiger partial charge in [-0.1, -0.05) is 38.0 Å². The Bertz CT molecular complexity index is 1360. The molecule has 5 nitrogen and oxygen atoms in total. The average Bonchev–Trinajstić information content (AvgIpc) is 2.71. The van der Waals surface area contributed by atoms with Gasteiger partial charge in [-0.15, -0.1) is 0 Å². The summed E-state index contributed by atoms with van der Waals surface area (Å²) in [4.78, 5) is 31.9. The molecule has 2 aromatic carbocycles. The number of aryl methyl sites for hydroxylation is 4. The maximum Gasteiger partial charge on any atom is 0.271 e. The Hall–Kier alpha value is -3.21. The molecule has 0 amide bonds. The fourth-order valence-corrected chi connectivity index (χ4v) is 4.25. The van der Waals surface area contributed by atoms with E-state index in [0.717, 1.165) is 41.6 Å². The van der Waals surface area contributed by atoms with Crippen LogP contribution in [0.2, 0.25) is 0 Å². The van der Waals surface area contributed by atoms with Crippen LogP contribution in [0.4, 0.5) is 0 Å². The van der Waals surface area contributed by atoms with E-state index < -0.39 is 0 Å². The molecule has 2 aromatic heterocycles. The molecule has 0 aliphatic rings. The SMILES string of the molecule is CCCCCc1nc2c(c(=O)c3ccccc3n2C)c(=O)n1-c1cc(C)cc(C)c1. The van der Waals surface area contributed by atoms with Crippen molar-refractivity contribution in [2.24, 2.45) is 7.05 Å². The minimum Gasteiger partial charge on any atom is -0.328 e. The molecule has 154 valence electrons. The second kappa shape index (κ2) is 7.90. The summed E-state index contributed by atoms with van der Waals surface area (Å²) in [5, 5.41) is 0.687. The minimum atomic E-state index is -0.289. The van der Waals surface area contributed by atoms with Crippen LogP contribution in [0.5, 0.6) is 0 Å². The molecule has 0 atom stereocenters. The molecule has 0 unspecified atom stereocenters. The van der Waals surface area contributed by atoms with E-state index in [9.17, 15) is 9.59 Å². The zero-order chi connectivity index (χ0) is 21.4. The summed E-state index contributed by atoms with van der Waals surface area (Å²) in [5.74, 6) is 0.705. The standard InChI is InChI=1S/C25H27N3O2/c1-5-6-7-12-21-26-24-22(23(29)19-10-8-9-11-20(19)27(24)4)25(30)28(21)18-14-16(2)13-17(3)15-18/h8-11,13-15H,5-7,12H2,1-4H3. The lowest BCUT2D eigenvalue weighted by molar-refractivity contribution is 0.673. The van der Waals surface area contributed by atoms with Gasteiger partial charge in [-0.25, -0.2) is 4.98 Å². The van der Waals surface area contributed by atoms with Crippen molar-refractivity contribution < 1.29 is 0 Å². The van der Waals surface area contributed by atoms with Crippen molar-refractivity contribution in [3.8, 4) is 5.69 Å². The number of benzene rings is 2. The third-order valence-electron chi connectivity index (χ3n) is 5.66. The number of rotatable bonds is 5. The number of pyridine rings is 1. The van der Waals surface area contributed by atoms with Crippen molar-refractivity contribution >= 4 is 21.9 Å². The highest BCUT2D eigenvalue weighted by Crippen LogP contribution is 2.19. The summed E-state index contributed by atoms with van der Waals surface area (Å²) in [6, 6.07) is 13.4. The molecule has 2 heterocycles. The van der Waals surface area contributed by atoms with Gasteiger partial charge in [0, 0.05) is 18.9 Å². The molecule has 0 aliphatic carbocycles. The predicted molar refractivity (Wildman–Crippen MR) is 123 cm³/mol. The molecular weight excluding hydrogens is 374 g/mol. The molecule has 0 N–H and O–H groups in total. The van der Waals surface area contributed by atoms with E-state index in [1.807, 2.05) is 55.8 Å². The molecule has 0 aliphatic heterocycles. The van der Waals surface area contributed by atoms with E-state index >= 15 is 0 Å². The lowest BCUT2D eigenvalue weighted by atomic mass is 10.1. The maximum absolute atomic E-state index is 13.7. The number of para-hydroxylation sites is 1. The van der Waals surface area contributed by atoms with Crippen LogP contribution in [0.25, 0.3) is 27.6 Å². The third kappa shape index (κ3) is 3.34. The van der Waals surface area contributed by atoms with Gasteiger partial charge in [0.25, 0.3) is 5.56 Å². The Morgan fingerprint density at radius 1 is 0.967 bits per heavy atom. The van der Waals surface area contributed by atoms with Gasteiger partial charge in [-0.3, -0.25) is 14.2 Å². The second-order valence-corrected chi connectivity index (χ2v) is 8.08.